The number of aliphatic hydroxyl groups is 2. The summed E-state index contributed by atoms with van der Waals surface area (Å²) in [6.07, 6.45) is 0.205. The van der Waals surface area contributed by atoms with Crippen LogP contribution in [-0.4, -0.2) is 106 Å². The third kappa shape index (κ3) is 8.83. The van der Waals surface area contributed by atoms with Gasteiger partial charge in [-0.05, 0) is 77.9 Å². The number of amides is 2. The van der Waals surface area contributed by atoms with Crippen LogP contribution in [0.2, 0.25) is 0 Å². The van der Waals surface area contributed by atoms with E-state index in [4.69, 9.17) is 23.7 Å². The fraction of sp³-hybridized carbons (Fsp3) is 0.452. The van der Waals surface area contributed by atoms with E-state index in [0.717, 1.165) is 5.56 Å². The van der Waals surface area contributed by atoms with Gasteiger partial charge in [-0.1, -0.05) is 0 Å². The van der Waals surface area contributed by atoms with Gasteiger partial charge in [0.15, 0.2) is 11.5 Å². The normalized spacial score (nSPS) is 17.7. The molecular weight excluding hydrogens is 687 g/mol. The van der Waals surface area contributed by atoms with E-state index in [-0.39, 0.29) is 55.7 Å². The number of ether oxygens (including phenoxy) is 5. The Morgan fingerprint density at radius 1 is 1.11 bits per heavy atom. The van der Waals surface area contributed by atoms with E-state index >= 15 is 0 Å². The quantitative estimate of drug-likeness (QED) is 0.173. The number of hydrogen-bond acceptors (Lipinski definition) is 10. The number of methoxy groups -OCH3 is 3. The van der Waals surface area contributed by atoms with Crippen molar-refractivity contribution in [3.8, 4) is 23.0 Å². The second kappa shape index (κ2) is 17.2. The van der Waals surface area contributed by atoms with E-state index in [0.29, 0.717) is 39.9 Å². The molecule has 2 aromatic carbocycles. The standard InChI is InChI=1S/C31H39IN2O10/c1-5-43-18-28(37)34(10-8-20-14-22(40-2)6-7-25(20)41-3)24-15-21(31(39)33-9-11-35)16-26(29(24)38)44-30-23(32)12-19(17-36)13-27(30)42-4/h6-7,12-14,16-17,24,26,29,35,38H,5,8-11,15,18H2,1-4H3,(H,33,39)/t24-,26+,29+/m1/s1. The molecule has 0 heterocycles. The van der Waals surface area contributed by atoms with Crippen LogP contribution in [0.3, 0.4) is 0 Å². The van der Waals surface area contributed by atoms with E-state index < -0.39 is 24.2 Å². The maximum Gasteiger partial charge on any atom is 0.248 e. The van der Waals surface area contributed by atoms with Gasteiger partial charge in [-0.3, -0.25) is 14.4 Å². The van der Waals surface area contributed by atoms with Crippen molar-refractivity contribution in [3.05, 3.63) is 56.7 Å². The first-order chi connectivity index (χ1) is 21.2. The van der Waals surface area contributed by atoms with Gasteiger partial charge < -0.3 is 44.1 Å². The average molecular weight is 727 g/mol. The van der Waals surface area contributed by atoms with Crippen LogP contribution in [0.5, 0.6) is 23.0 Å². The zero-order valence-corrected chi connectivity index (χ0v) is 27.4. The molecule has 0 saturated carbocycles. The average Bonchev–Trinajstić information content (AvgIpc) is 3.04. The highest BCUT2D eigenvalue weighted by atomic mass is 127. The summed E-state index contributed by atoms with van der Waals surface area (Å²) in [5.41, 5.74) is 1.43. The van der Waals surface area contributed by atoms with Crippen molar-refractivity contribution in [2.24, 2.45) is 0 Å². The van der Waals surface area contributed by atoms with Crippen LogP contribution < -0.4 is 24.3 Å². The molecule has 0 bridgehead atoms. The Labute approximate surface area is 270 Å². The fourth-order valence-corrected chi connectivity index (χ4v) is 5.66. The van der Waals surface area contributed by atoms with E-state index in [2.05, 4.69) is 5.32 Å². The van der Waals surface area contributed by atoms with Crippen molar-refractivity contribution < 1.29 is 48.3 Å². The monoisotopic (exact) mass is 726 g/mol. The molecule has 1 aliphatic carbocycles. The number of hydrogen-bond donors (Lipinski definition) is 3. The van der Waals surface area contributed by atoms with Crippen molar-refractivity contribution >= 4 is 40.7 Å². The van der Waals surface area contributed by atoms with Crippen molar-refractivity contribution in [2.75, 3.05) is 54.2 Å². The summed E-state index contributed by atoms with van der Waals surface area (Å²) in [6.45, 7) is 1.78. The Bertz CT molecular complexity index is 1330. The van der Waals surface area contributed by atoms with Crippen molar-refractivity contribution in [1.82, 2.24) is 10.2 Å². The number of carbonyl (C=O) groups excluding carboxylic acids is 3. The first-order valence-corrected chi connectivity index (χ1v) is 15.1. The van der Waals surface area contributed by atoms with Gasteiger partial charge in [-0.25, -0.2) is 0 Å². The second-order valence-electron chi connectivity index (χ2n) is 9.82. The number of nitrogens with one attached hydrogen (secondary N) is 1. The summed E-state index contributed by atoms with van der Waals surface area (Å²) in [5.74, 6) is 0.919. The number of carbonyl (C=O) groups is 3. The number of nitrogens with zero attached hydrogens (tertiary/aromatic N) is 1. The minimum atomic E-state index is -1.27. The Morgan fingerprint density at radius 2 is 1.86 bits per heavy atom. The van der Waals surface area contributed by atoms with Gasteiger partial charge in [0, 0.05) is 37.3 Å². The molecule has 0 aliphatic heterocycles. The molecule has 1 aliphatic rings. The molecule has 3 N–H and O–H groups in total. The third-order valence-corrected chi connectivity index (χ3v) is 7.92. The van der Waals surface area contributed by atoms with Crippen molar-refractivity contribution in [1.29, 1.82) is 0 Å². The molecule has 3 rings (SSSR count). The van der Waals surface area contributed by atoms with Crippen LogP contribution in [0.4, 0.5) is 0 Å². The summed E-state index contributed by atoms with van der Waals surface area (Å²) < 4.78 is 28.6. The molecule has 0 aromatic heterocycles. The molecule has 240 valence electrons. The Balaban J connectivity index is 2.03. The van der Waals surface area contributed by atoms with E-state index in [1.54, 1.807) is 39.3 Å². The van der Waals surface area contributed by atoms with Gasteiger partial charge in [-0.2, -0.15) is 0 Å². The highest BCUT2D eigenvalue weighted by Crippen LogP contribution is 2.37. The van der Waals surface area contributed by atoms with Crippen LogP contribution in [-0.2, 0) is 20.7 Å². The van der Waals surface area contributed by atoms with Crippen LogP contribution >= 0.6 is 22.6 Å². The highest BCUT2D eigenvalue weighted by Gasteiger charge is 2.41. The maximum absolute atomic E-state index is 13.6. The minimum Gasteiger partial charge on any atom is -0.497 e. The predicted molar refractivity (Wildman–Crippen MR) is 170 cm³/mol. The summed E-state index contributed by atoms with van der Waals surface area (Å²) in [5, 5.41) is 23.6. The number of aldehydes is 1. The van der Waals surface area contributed by atoms with Gasteiger partial charge in [0.1, 0.15) is 36.6 Å². The zero-order chi connectivity index (χ0) is 32.2. The molecule has 3 atom stereocenters. The van der Waals surface area contributed by atoms with Crippen LogP contribution in [0.1, 0.15) is 29.3 Å². The number of benzene rings is 2. The molecule has 13 heteroatoms. The van der Waals surface area contributed by atoms with Crippen LogP contribution in [0.15, 0.2) is 42.0 Å². The SMILES string of the molecule is CCOCC(=O)N(CCc1cc(OC)ccc1OC)[C@@H]1CC(C(=O)NCCO)=C[C@H](Oc2c(I)cc(C=O)cc2OC)[C@H]1O. The Kier molecular flexibility index (Phi) is 13.7. The lowest BCUT2D eigenvalue weighted by Gasteiger charge is -2.40. The van der Waals surface area contributed by atoms with Crippen molar-refractivity contribution in [3.63, 3.8) is 0 Å². The molecule has 0 fully saturated rings. The van der Waals surface area contributed by atoms with Crippen LogP contribution in [0, 0.1) is 3.57 Å². The first kappa shape index (κ1) is 35.1. The van der Waals surface area contributed by atoms with Gasteiger partial charge in [0.2, 0.25) is 11.8 Å². The molecule has 44 heavy (non-hydrogen) atoms. The largest absolute Gasteiger partial charge is 0.497 e. The van der Waals surface area contributed by atoms with E-state index in [1.807, 2.05) is 28.7 Å². The molecule has 0 spiro atoms. The van der Waals surface area contributed by atoms with Gasteiger partial charge in [-0.15, -0.1) is 0 Å². The summed E-state index contributed by atoms with van der Waals surface area (Å²) in [7, 11) is 4.54. The van der Waals surface area contributed by atoms with Crippen LogP contribution in [0.25, 0.3) is 0 Å². The van der Waals surface area contributed by atoms with Gasteiger partial charge >= 0.3 is 0 Å². The maximum atomic E-state index is 13.6. The van der Waals surface area contributed by atoms with Crippen molar-refractivity contribution in [2.45, 2.75) is 38.0 Å². The minimum absolute atomic E-state index is 0.0176. The number of aliphatic hydroxyl groups excluding tert-OH is 2. The zero-order valence-electron chi connectivity index (χ0n) is 25.2. The molecule has 2 amide bonds. The summed E-state index contributed by atoms with van der Waals surface area (Å²) >= 11 is 2.00. The van der Waals surface area contributed by atoms with E-state index in [1.165, 1.54) is 24.2 Å². The topological polar surface area (TPSA) is 153 Å². The smallest absolute Gasteiger partial charge is 0.248 e. The molecule has 0 saturated heterocycles. The summed E-state index contributed by atoms with van der Waals surface area (Å²) in [6, 6.07) is 7.59. The first-order valence-electron chi connectivity index (χ1n) is 14.1. The van der Waals surface area contributed by atoms with E-state index in [9.17, 15) is 24.6 Å². The lowest BCUT2D eigenvalue weighted by Crippen LogP contribution is -2.56. The molecular formula is C31H39IN2O10. The predicted octanol–water partition coefficient (Wildman–Crippen LogP) is 2.15. The number of halogens is 1. The Hall–Kier alpha value is -3.40. The molecule has 2 aromatic rings. The third-order valence-electron chi connectivity index (χ3n) is 7.12. The van der Waals surface area contributed by atoms with Gasteiger partial charge in [0.25, 0.3) is 0 Å². The molecule has 0 radical (unpaired) electrons. The Morgan fingerprint density at radius 3 is 2.50 bits per heavy atom. The number of rotatable bonds is 16. The lowest BCUT2D eigenvalue weighted by atomic mass is 9.88. The highest BCUT2D eigenvalue weighted by molar-refractivity contribution is 14.1. The second-order valence-corrected chi connectivity index (χ2v) is 11.0. The van der Waals surface area contributed by atoms with Gasteiger partial charge in [0.05, 0.1) is 37.5 Å². The molecule has 0 unspecified atom stereocenters. The summed E-state index contributed by atoms with van der Waals surface area (Å²) in [4.78, 5) is 39.6. The lowest BCUT2D eigenvalue weighted by molar-refractivity contribution is -0.143. The fourth-order valence-electron chi connectivity index (χ4n) is 4.90. The molecule has 12 nitrogen and oxygen atoms in total.